The van der Waals surface area contributed by atoms with E-state index in [1.54, 1.807) is 24.0 Å². The summed E-state index contributed by atoms with van der Waals surface area (Å²) in [5.74, 6) is -0.441. The fourth-order valence-electron chi connectivity index (χ4n) is 2.10. The molecule has 0 spiro atoms. The highest BCUT2D eigenvalue weighted by atomic mass is 16.4. The van der Waals surface area contributed by atoms with Gasteiger partial charge in [-0.3, -0.25) is 0 Å². The summed E-state index contributed by atoms with van der Waals surface area (Å²) in [6, 6.07) is -1.48. The molecule has 2 rings (SSSR count). The van der Waals surface area contributed by atoms with Crippen LogP contribution in [0.5, 0.6) is 0 Å². The third-order valence-electron chi connectivity index (χ3n) is 3.14. The van der Waals surface area contributed by atoms with Gasteiger partial charge in [0.15, 0.2) is 0 Å². The topological polar surface area (TPSA) is 108 Å². The number of aliphatic carboxylic acids is 1. The van der Waals surface area contributed by atoms with Gasteiger partial charge in [0.05, 0.1) is 12.6 Å². The van der Waals surface area contributed by atoms with E-state index < -0.39 is 24.1 Å². The van der Waals surface area contributed by atoms with Crippen LogP contribution in [0.25, 0.3) is 0 Å². The SMILES string of the molecule is Cn1ccnc1CNC(=O)N1C[C@H](O)C[C@@H]1C(=O)O. The van der Waals surface area contributed by atoms with E-state index >= 15 is 0 Å². The van der Waals surface area contributed by atoms with Gasteiger partial charge < -0.3 is 25.0 Å². The summed E-state index contributed by atoms with van der Waals surface area (Å²) in [6.45, 7) is 0.241. The number of carbonyl (C=O) groups excluding carboxylic acids is 1. The molecule has 0 radical (unpaired) electrons. The zero-order chi connectivity index (χ0) is 14.0. The summed E-state index contributed by atoms with van der Waals surface area (Å²) in [4.78, 5) is 28.1. The number of amides is 2. The van der Waals surface area contributed by atoms with Crippen molar-refractivity contribution in [3.8, 4) is 0 Å². The minimum absolute atomic E-state index is 0.0311. The van der Waals surface area contributed by atoms with Crippen molar-refractivity contribution in [2.45, 2.75) is 25.1 Å². The van der Waals surface area contributed by atoms with Gasteiger partial charge in [-0.2, -0.15) is 0 Å². The number of urea groups is 1. The first kappa shape index (κ1) is 13.3. The number of β-amino-alcohol motifs (C(OH)–C–C–N with tert-alkyl or cyclic N) is 1. The van der Waals surface area contributed by atoms with Crippen molar-refractivity contribution in [1.82, 2.24) is 19.8 Å². The van der Waals surface area contributed by atoms with Crippen LogP contribution in [-0.4, -0.2) is 55.4 Å². The number of aromatic nitrogens is 2. The number of carboxylic acids is 1. The largest absolute Gasteiger partial charge is 0.480 e. The standard InChI is InChI=1S/C11H16N4O4/c1-14-3-2-12-9(14)5-13-11(19)15-6-7(16)4-8(15)10(17)18/h2-3,7-8,16H,4-6H2,1H3,(H,13,19)(H,17,18)/t7-,8-/m1/s1. The molecule has 3 N–H and O–H groups in total. The second-order valence-electron chi connectivity index (χ2n) is 4.51. The predicted molar refractivity (Wildman–Crippen MR) is 64.2 cm³/mol. The van der Waals surface area contributed by atoms with E-state index in [2.05, 4.69) is 10.3 Å². The summed E-state index contributed by atoms with van der Waals surface area (Å²) >= 11 is 0. The maximum atomic E-state index is 11.9. The Morgan fingerprint density at radius 2 is 2.32 bits per heavy atom. The van der Waals surface area contributed by atoms with Gasteiger partial charge in [0.25, 0.3) is 0 Å². The lowest BCUT2D eigenvalue weighted by molar-refractivity contribution is -0.141. The summed E-state index contributed by atoms with van der Waals surface area (Å²) < 4.78 is 1.76. The van der Waals surface area contributed by atoms with Gasteiger partial charge in [0.2, 0.25) is 0 Å². The van der Waals surface area contributed by atoms with Gasteiger partial charge in [-0.15, -0.1) is 0 Å². The van der Waals surface area contributed by atoms with E-state index in [1.807, 2.05) is 0 Å². The maximum absolute atomic E-state index is 11.9. The molecule has 1 aliphatic heterocycles. The first-order valence-corrected chi connectivity index (χ1v) is 5.90. The van der Waals surface area contributed by atoms with Crippen LogP contribution in [-0.2, 0) is 18.4 Å². The Labute approximate surface area is 109 Å². The van der Waals surface area contributed by atoms with Crippen molar-refractivity contribution < 1.29 is 19.8 Å². The van der Waals surface area contributed by atoms with Gasteiger partial charge in [0.1, 0.15) is 11.9 Å². The number of aryl methyl sites for hydroxylation is 1. The summed E-state index contributed by atoms with van der Waals surface area (Å²) in [5.41, 5.74) is 0. The molecule has 0 bridgehead atoms. The lowest BCUT2D eigenvalue weighted by Gasteiger charge is -2.21. The molecule has 1 saturated heterocycles. The van der Waals surface area contributed by atoms with E-state index in [0.717, 1.165) is 4.90 Å². The number of aliphatic hydroxyl groups is 1. The van der Waals surface area contributed by atoms with Crippen LogP contribution in [0.1, 0.15) is 12.2 Å². The quantitative estimate of drug-likeness (QED) is 0.662. The van der Waals surface area contributed by atoms with E-state index in [-0.39, 0.29) is 19.5 Å². The van der Waals surface area contributed by atoms with Crippen molar-refractivity contribution in [3.63, 3.8) is 0 Å². The maximum Gasteiger partial charge on any atom is 0.326 e. The number of hydrogen-bond donors (Lipinski definition) is 3. The van der Waals surface area contributed by atoms with Crippen molar-refractivity contribution in [3.05, 3.63) is 18.2 Å². The average Bonchev–Trinajstić information content (AvgIpc) is 2.92. The molecular formula is C11H16N4O4. The molecule has 104 valence electrons. The Kier molecular flexibility index (Phi) is 3.70. The smallest absolute Gasteiger partial charge is 0.326 e. The number of imidazole rings is 1. The van der Waals surface area contributed by atoms with Gasteiger partial charge in [-0.1, -0.05) is 0 Å². The highest BCUT2D eigenvalue weighted by molar-refractivity contribution is 5.83. The number of aliphatic hydroxyl groups excluding tert-OH is 1. The number of nitrogens with zero attached hydrogens (tertiary/aromatic N) is 3. The van der Waals surface area contributed by atoms with E-state index in [4.69, 9.17) is 5.11 Å². The van der Waals surface area contributed by atoms with Crippen LogP contribution in [0.4, 0.5) is 4.79 Å². The van der Waals surface area contributed by atoms with Gasteiger partial charge in [-0.25, -0.2) is 14.6 Å². The molecule has 1 aromatic rings. The molecule has 0 aliphatic carbocycles. The highest BCUT2D eigenvalue weighted by Crippen LogP contribution is 2.18. The Bertz CT molecular complexity index is 487. The number of carbonyl (C=O) groups is 2. The number of hydrogen-bond acceptors (Lipinski definition) is 4. The van der Waals surface area contributed by atoms with Gasteiger partial charge in [0, 0.05) is 32.4 Å². The lowest BCUT2D eigenvalue weighted by atomic mass is 10.2. The van der Waals surface area contributed by atoms with Crippen molar-refractivity contribution >= 4 is 12.0 Å². The molecule has 2 atom stereocenters. The minimum Gasteiger partial charge on any atom is -0.480 e. The summed E-state index contributed by atoms with van der Waals surface area (Å²) in [6.07, 6.45) is 2.63. The molecule has 19 heavy (non-hydrogen) atoms. The predicted octanol–water partition coefficient (Wildman–Crippen LogP) is -0.850. The summed E-state index contributed by atoms with van der Waals surface area (Å²) in [7, 11) is 1.80. The molecule has 2 amide bonds. The van der Waals surface area contributed by atoms with Gasteiger partial charge in [-0.05, 0) is 0 Å². The molecule has 1 fully saturated rings. The van der Waals surface area contributed by atoms with Crippen LogP contribution >= 0.6 is 0 Å². The second kappa shape index (κ2) is 5.27. The number of likely N-dealkylation sites (tertiary alicyclic amines) is 1. The van der Waals surface area contributed by atoms with Crippen molar-refractivity contribution in [2.24, 2.45) is 7.05 Å². The van der Waals surface area contributed by atoms with E-state index in [9.17, 15) is 14.7 Å². The monoisotopic (exact) mass is 268 g/mol. The first-order valence-electron chi connectivity index (χ1n) is 5.90. The average molecular weight is 268 g/mol. The van der Waals surface area contributed by atoms with Crippen molar-refractivity contribution in [1.29, 1.82) is 0 Å². The van der Waals surface area contributed by atoms with Gasteiger partial charge >= 0.3 is 12.0 Å². The molecule has 0 saturated carbocycles. The Morgan fingerprint density at radius 3 is 2.89 bits per heavy atom. The molecule has 8 nitrogen and oxygen atoms in total. The van der Waals surface area contributed by atoms with Crippen LogP contribution in [0, 0.1) is 0 Å². The molecule has 1 aliphatic rings. The normalized spacial score (nSPS) is 22.5. The van der Waals surface area contributed by atoms with Crippen LogP contribution in [0.2, 0.25) is 0 Å². The van der Waals surface area contributed by atoms with E-state index in [0.29, 0.717) is 5.82 Å². The molecule has 1 aromatic heterocycles. The fraction of sp³-hybridized carbons (Fsp3) is 0.545. The van der Waals surface area contributed by atoms with Crippen LogP contribution < -0.4 is 5.32 Å². The molecule has 2 heterocycles. The number of carboxylic acid groups (broad SMARTS) is 1. The lowest BCUT2D eigenvalue weighted by Crippen LogP contribution is -2.46. The van der Waals surface area contributed by atoms with E-state index in [1.165, 1.54) is 0 Å². The third kappa shape index (κ3) is 2.84. The number of nitrogens with one attached hydrogen (secondary N) is 1. The Morgan fingerprint density at radius 1 is 1.58 bits per heavy atom. The van der Waals surface area contributed by atoms with Crippen molar-refractivity contribution in [2.75, 3.05) is 6.54 Å². The summed E-state index contributed by atoms with van der Waals surface area (Å²) in [5, 5.41) is 21.1. The third-order valence-corrected chi connectivity index (χ3v) is 3.14. The molecular weight excluding hydrogens is 252 g/mol. The Balaban J connectivity index is 1.96. The van der Waals surface area contributed by atoms with Crippen LogP contribution in [0.15, 0.2) is 12.4 Å². The Hall–Kier alpha value is -2.09. The second-order valence-corrected chi connectivity index (χ2v) is 4.51. The molecule has 0 aromatic carbocycles. The zero-order valence-electron chi connectivity index (χ0n) is 10.5. The zero-order valence-corrected chi connectivity index (χ0v) is 10.5. The highest BCUT2D eigenvalue weighted by Gasteiger charge is 2.38. The number of rotatable bonds is 3. The fourth-order valence-corrected chi connectivity index (χ4v) is 2.10. The minimum atomic E-state index is -1.11. The first-order chi connectivity index (χ1) is 8.99. The molecule has 8 heteroatoms. The van der Waals surface area contributed by atoms with Crippen LogP contribution in [0.3, 0.4) is 0 Å². The molecule has 0 unspecified atom stereocenters.